The number of carboxylic acid groups (broad SMARTS) is 2. The molecule has 2 N–H and O–H groups in total. The summed E-state index contributed by atoms with van der Waals surface area (Å²) in [4.78, 5) is 22.3. The molecule has 0 radical (unpaired) electrons. The summed E-state index contributed by atoms with van der Waals surface area (Å²) in [5, 5.41) is 17.9. The fourth-order valence-electron chi connectivity index (χ4n) is 2.73. The lowest BCUT2D eigenvalue weighted by Gasteiger charge is -2.33. The van der Waals surface area contributed by atoms with Gasteiger partial charge in [-0.1, -0.05) is 40.5 Å². The number of carboxylic acids is 2. The highest BCUT2D eigenvalue weighted by atomic mass is 32.2. The summed E-state index contributed by atoms with van der Waals surface area (Å²) < 4.78 is 0.371. The third-order valence-electron chi connectivity index (χ3n) is 5.27. The van der Waals surface area contributed by atoms with Crippen LogP contribution >= 0.6 is 11.8 Å². The standard InChI is InChI=1S/C18H35NO4S/c1-7-18(4,14(2)3)10-8-9-15(17(22)23)24-12-11-19(5,6)13-16(20)21/h14-15H,7-13H2,1-6H3,(H-,20,21,22,23)/p+1. The van der Waals surface area contributed by atoms with Gasteiger partial charge in [-0.25, -0.2) is 4.79 Å². The number of rotatable bonds is 13. The van der Waals surface area contributed by atoms with Crippen molar-refractivity contribution in [1.82, 2.24) is 0 Å². The third-order valence-corrected chi connectivity index (χ3v) is 6.53. The highest BCUT2D eigenvalue weighted by Gasteiger charge is 2.27. The molecular formula is C18H36NO4S+. The van der Waals surface area contributed by atoms with E-state index >= 15 is 0 Å². The lowest BCUT2D eigenvalue weighted by molar-refractivity contribution is -0.880. The molecule has 5 nitrogen and oxygen atoms in total. The molecule has 0 amide bonds. The minimum atomic E-state index is -0.827. The largest absolute Gasteiger partial charge is 0.480 e. The Labute approximate surface area is 151 Å². The maximum atomic E-state index is 11.5. The predicted octanol–water partition coefficient (Wildman–Crippen LogP) is 3.58. The highest BCUT2D eigenvalue weighted by Crippen LogP contribution is 2.36. The molecule has 2 unspecified atom stereocenters. The smallest absolute Gasteiger partial charge is 0.359 e. The lowest BCUT2D eigenvalue weighted by atomic mass is 9.73. The molecule has 0 fully saturated rings. The average molecular weight is 363 g/mol. The van der Waals surface area contributed by atoms with Crippen molar-refractivity contribution in [2.75, 3.05) is 32.9 Å². The molecule has 0 aliphatic carbocycles. The Balaban J connectivity index is 4.38. The lowest BCUT2D eigenvalue weighted by Crippen LogP contribution is -2.45. The monoisotopic (exact) mass is 362 g/mol. The average Bonchev–Trinajstić information content (AvgIpc) is 2.43. The van der Waals surface area contributed by atoms with E-state index in [-0.39, 0.29) is 12.0 Å². The molecule has 0 aromatic heterocycles. The van der Waals surface area contributed by atoms with Crippen molar-refractivity contribution in [3.05, 3.63) is 0 Å². The number of nitrogens with zero attached hydrogens (tertiary/aromatic N) is 1. The van der Waals surface area contributed by atoms with E-state index in [9.17, 15) is 14.7 Å². The van der Waals surface area contributed by atoms with Crippen LogP contribution in [-0.2, 0) is 9.59 Å². The van der Waals surface area contributed by atoms with Crippen molar-refractivity contribution in [3.63, 3.8) is 0 Å². The van der Waals surface area contributed by atoms with Crippen LogP contribution in [0.3, 0.4) is 0 Å². The number of likely N-dealkylation sites (N-methyl/N-ethyl adjacent to an activating group) is 1. The van der Waals surface area contributed by atoms with Crippen LogP contribution in [0.1, 0.15) is 53.4 Å². The number of aliphatic carboxylic acids is 2. The Morgan fingerprint density at radius 1 is 1.21 bits per heavy atom. The first-order chi connectivity index (χ1) is 10.9. The van der Waals surface area contributed by atoms with E-state index in [0.717, 1.165) is 19.3 Å². The number of hydrogen-bond acceptors (Lipinski definition) is 3. The van der Waals surface area contributed by atoms with Gasteiger partial charge in [-0.3, -0.25) is 4.79 Å². The van der Waals surface area contributed by atoms with Gasteiger partial charge in [0.15, 0.2) is 6.54 Å². The van der Waals surface area contributed by atoms with E-state index in [1.54, 1.807) is 0 Å². The summed E-state index contributed by atoms with van der Waals surface area (Å²) in [6.07, 6.45) is 3.75. The first-order valence-electron chi connectivity index (χ1n) is 8.81. The van der Waals surface area contributed by atoms with Gasteiger partial charge in [-0.15, -0.1) is 11.8 Å². The quantitative estimate of drug-likeness (QED) is 0.490. The van der Waals surface area contributed by atoms with Crippen molar-refractivity contribution >= 4 is 23.7 Å². The maximum Gasteiger partial charge on any atom is 0.359 e. The van der Waals surface area contributed by atoms with Crippen molar-refractivity contribution < 1.29 is 24.3 Å². The van der Waals surface area contributed by atoms with Crippen LogP contribution in [0.4, 0.5) is 0 Å². The van der Waals surface area contributed by atoms with E-state index in [1.165, 1.54) is 11.8 Å². The SMILES string of the molecule is CCC(C)(CCCC(SCC[N+](C)(C)CC(=O)O)C(=O)O)C(C)C. The van der Waals surface area contributed by atoms with E-state index in [4.69, 9.17) is 5.11 Å². The first-order valence-corrected chi connectivity index (χ1v) is 9.86. The summed E-state index contributed by atoms with van der Waals surface area (Å²) in [5.74, 6) is -0.335. The molecule has 2 atom stereocenters. The van der Waals surface area contributed by atoms with Crippen LogP contribution in [0.5, 0.6) is 0 Å². The Morgan fingerprint density at radius 2 is 1.79 bits per heavy atom. The molecule has 0 spiro atoms. The van der Waals surface area contributed by atoms with Gasteiger partial charge >= 0.3 is 11.9 Å². The minimum absolute atomic E-state index is 0.0571. The number of quaternary nitrogens is 1. The van der Waals surface area contributed by atoms with Crippen LogP contribution in [0.2, 0.25) is 0 Å². The fourth-order valence-corrected chi connectivity index (χ4v) is 4.09. The van der Waals surface area contributed by atoms with E-state index < -0.39 is 17.2 Å². The van der Waals surface area contributed by atoms with Gasteiger partial charge in [0.25, 0.3) is 0 Å². The van der Waals surface area contributed by atoms with Crippen LogP contribution in [0.25, 0.3) is 0 Å². The molecule has 0 rings (SSSR count). The van der Waals surface area contributed by atoms with E-state index in [2.05, 4.69) is 27.7 Å². The second-order valence-corrected chi connectivity index (χ2v) is 9.27. The fraction of sp³-hybridized carbons (Fsp3) is 0.889. The summed E-state index contributed by atoms with van der Waals surface area (Å²) >= 11 is 1.44. The van der Waals surface area contributed by atoms with Crippen LogP contribution < -0.4 is 0 Å². The van der Waals surface area contributed by atoms with Crippen LogP contribution in [-0.4, -0.2) is 64.8 Å². The summed E-state index contributed by atoms with van der Waals surface area (Å²) in [5.41, 5.74) is 0.272. The minimum Gasteiger partial charge on any atom is -0.480 e. The number of thioether (sulfide) groups is 1. The first kappa shape index (κ1) is 23.2. The van der Waals surface area contributed by atoms with Crippen molar-refractivity contribution in [2.24, 2.45) is 11.3 Å². The Morgan fingerprint density at radius 3 is 2.21 bits per heavy atom. The molecule has 0 aliphatic heterocycles. The zero-order valence-corrected chi connectivity index (χ0v) is 17.0. The van der Waals surface area contributed by atoms with Gasteiger partial charge in [0.1, 0.15) is 5.25 Å². The molecule has 0 aromatic carbocycles. The molecule has 0 aliphatic rings. The molecule has 6 heteroatoms. The number of hydrogen-bond donors (Lipinski definition) is 2. The van der Waals surface area contributed by atoms with Crippen molar-refractivity contribution in [1.29, 1.82) is 0 Å². The van der Waals surface area contributed by atoms with Gasteiger partial charge in [0.2, 0.25) is 0 Å². The maximum absolute atomic E-state index is 11.5. The summed E-state index contributed by atoms with van der Waals surface area (Å²) in [6, 6.07) is 0. The number of carbonyl (C=O) groups is 2. The van der Waals surface area contributed by atoms with Gasteiger partial charge < -0.3 is 14.7 Å². The predicted molar refractivity (Wildman–Crippen MR) is 100 cm³/mol. The molecule has 0 bridgehead atoms. The van der Waals surface area contributed by atoms with Gasteiger partial charge in [-0.2, -0.15) is 0 Å². The van der Waals surface area contributed by atoms with Crippen molar-refractivity contribution in [2.45, 2.75) is 58.6 Å². The van der Waals surface area contributed by atoms with E-state index in [0.29, 0.717) is 29.1 Å². The molecule has 0 saturated carbocycles. The summed E-state index contributed by atoms with van der Waals surface area (Å²) in [6.45, 7) is 9.66. The van der Waals surface area contributed by atoms with Crippen LogP contribution in [0, 0.1) is 11.3 Å². The summed E-state index contributed by atoms with van der Waals surface area (Å²) in [7, 11) is 3.72. The molecule has 142 valence electrons. The van der Waals surface area contributed by atoms with Crippen LogP contribution in [0.15, 0.2) is 0 Å². The molecule has 0 heterocycles. The van der Waals surface area contributed by atoms with Crippen molar-refractivity contribution in [3.8, 4) is 0 Å². The second kappa shape index (κ2) is 10.3. The molecular weight excluding hydrogens is 326 g/mol. The van der Waals surface area contributed by atoms with Gasteiger partial charge in [0.05, 0.1) is 20.6 Å². The zero-order valence-electron chi connectivity index (χ0n) is 16.2. The normalized spacial score (nSPS) is 16.0. The molecule has 0 saturated heterocycles. The Hall–Kier alpha value is -0.750. The van der Waals surface area contributed by atoms with Gasteiger partial charge in [-0.05, 0) is 24.2 Å². The Bertz CT molecular complexity index is 412. The second-order valence-electron chi connectivity index (χ2n) is 7.96. The Kier molecular flexibility index (Phi) is 9.97. The highest BCUT2D eigenvalue weighted by molar-refractivity contribution is 8.00. The third kappa shape index (κ3) is 8.92. The topological polar surface area (TPSA) is 74.6 Å². The zero-order chi connectivity index (χ0) is 19.0. The van der Waals surface area contributed by atoms with Gasteiger partial charge in [0, 0.05) is 5.75 Å². The molecule has 24 heavy (non-hydrogen) atoms. The molecule has 0 aromatic rings. The van der Waals surface area contributed by atoms with E-state index in [1.807, 2.05) is 14.1 Å².